The molecule has 3 rings (SSSR count). The standard InChI is InChI=1S/C15H21N5S/c1-16-14-7-15(19-11-18-14)20-5-2-3-13(20)9-17-8-12-4-6-21-10-12/h4,6-7,10-11,13,17H,2-3,5,8-9H2,1H3,(H,16,18,19)/t13-/m1/s1. The van der Waals surface area contributed by atoms with Gasteiger partial charge in [-0.15, -0.1) is 0 Å². The van der Waals surface area contributed by atoms with Gasteiger partial charge in [0.25, 0.3) is 0 Å². The molecule has 0 radical (unpaired) electrons. The van der Waals surface area contributed by atoms with E-state index in [9.17, 15) is 0 Å². The second-order valence-corrected chi connectivity index (χ2v) is 6.04. The van der Waals surface area contributed by atoms with Crippen LogP contribution in [0, 0.1) is 0 Å². The first kappa shape index (κ1) is 14.3. The highest BCUT2D eigenvalue weighted by Crippen LogP contribution is 2.24. The Hall–Kier alpha value is -1.66. The summed E-state index contributed by atoms with van der Waals surface area (Å²) in [5.41, 5.74) is 1.36. The van der Waals surface area contributed by atoms with Gasteiger partial charge in [-0.3, -0.25) is 0 Å². The molecule has 0 bridgehead atoms. The van der Waals surface area contributed by atoms with Crippen LogP contribution in [0.2, 0.25) is 0 Å². The van der Waals surface area contributed by atoms with Crippen molar-refractivity contribution in [3.63, 3.8) is 0 Å². The molecule has 0 unspecified atom stereocenters. The summed E-state index contributed by atoms with van der Waals surface area (Å²) in [6.45, 7) is 3.01. The van der Waals surface area contributed by atoms with Crippen molar-refractivity contribution in [1.29, 1.82) is 0 Å². The van der Waals surface area contributed by atoms with E-state index in [0.717, 1.165) is 31.3 Å². The number of anilines is 2. The van der Waals surface area contributed by atoms with Crippen LogP contribution >= 0.6 is 11.3 Å². The maximum absolute atomic E-state index is 4.43. The van der Waals surface area contributed by atoms with Gasteiger partial charge in [-0.25, -0.2) is 9.97 Å². The molecular weight excluding hydrogens is 282 g/mol. The zero-order chi connectivity index (χ0) is 14.5. The van der Waals surface area contributed by atoms with Crippen LogP contribution in [0.15, 0.2) is 29.2 Å². The Kier molecular flexibility index (Phi) is 4.67. The van der Waals surface area contributed by atoms with Gasteiger partial charge in [0.2, 0.25) is 0 Å². The zero-order valence-corrected chi connectivity index (χ0v) is 13.1. The third-order valence-electron chi connectivity index (χ3n) is 3.87. The Labute approximate surface area is 129 Å². The largest absolute Gasteiger partial charge is 0.373 e. The summed E-state index contributed by atoms with van der Waals surface area (Å²) >= 11 is 1.75. The van der Waals surface area contributed by atoms with Crippen LogP contribution in [0.3, 0.4) is 0 Å². The molecule has 0 saturated carbocycles. The molecular formula is C15H21N5S. The van der Waals surface area contributed by atoms with Gasteiger partial charge in [-0.2, -0.15) is 11.3 Å². The lowest BCUT2D eigenvalue weighted by molar-refractivity contribution is 0.571. The first-order chi connectivity index (χ1) is 10.4. The van der Waals surface area contributed by atoms with E-state index in [0.29, 0.717) is 6.04 Å². The smallest absolute Gasteiger partial charge is 0.134 e. The Balaban J connectivity index is 1.59. The van der Waals surface area contributed by atoms with Gasteiger partial charge >= 0.3 is 0 Å². The highest BCUT2D eigenvalue weighted by atomic mass is 32.1. The van der Waals surface area contributed by atoms with E-state index in [2.05, 4.69) is 42.3 Å². The van der Waals surface area contributed by atoms with Gasteiger partial charge < -0.3 is 15.5 Å². The van der Waals surface area contributed by atoms with Crippen LogP contribution < -0.4 is 15.5 Å². The first-order valence-corrected chi connectivity index (χ1v) is 8.29. The summed E-state index contributed by atoms with van der Waals surface area (Å²) < 4.78 is 0. The normalized spacial score (nSPS) is 18.1. The molecule has 1 aliphatic heterocycles. The SMILES string of the molecule is CNc1cc(N2CCC[C@@H]2CNCc2ccsc2)ncn1. The van der Waals surface area contributed by atoms with Crippen molar-refractivity contribution in [3.8, 4) is 0 Å². The Bertz CT molecular complexity index is 557. The number of nitrogens with one attached hydrogen (secondary N) is 2. The molecule has 6 heteroatoms. The average Bonchev–Trinajstić information content (AvgIpc) is 3.19. The Morgan fingerprint density at radius 3 is 3.19 bits per heavy atom. The molecule has 0 spiro atoms. The van der Waals surface area contributed by atoms with Crippen LogP contribution in [0.5, 0.6) is 0 Å². The summed E-state index contributed by atoms with van der Waals surface area (Å²) in [5, 5.41) is 11.0. The molecule has 0 aliphatic carbocycles. The minimum absolute atomic E-state index is 0.517. The van der Waals surface area contributed by atoms with E-state index in [1.165, 1.54) is 18.4 Å². The second-order valence-electron chi connectivity index (χ2n) is 5.26. The van der Waals surface area contributed by atoms with Crippen molar-refractivity contribution in [1.82, 2.24) is 15.3 Å². The first-order valence-electron chi connectivity index (χ1n) is 7.35. The predicted molar refractivity (Wildman–Crippen MR) is 88.0 cm³/mol. The van der Waals surface area contributed by atoms with E-state index in [1.807, 2.05) is 13.1 Å². The van der Waals surface area contributed by atoms with Crippen molar-refractivity contribution in [2.24, 2.45) is 0 Å². The second kappa shape index (κ2) is 6.87. The number of rotatable bonds is 6. The monoisotopic (exact) mass is 303 g/mol. The fourth-order valence-electron chi connectivity index (χ4n) is 2.77. The number of hydrogen-bond donors (Lipinski definition) is 2. The average molecular weight is 303 g/mol. The van der Waals surface area contributed by atoms with Crippen molar-refractivity contribution in [2.45, 2.75) is 25.4 Å². The summed E-state index contributed by atoms with van der Waals surface area (Å²) in [5.74, 6) is 1.89. The fraction of sp³-hybridized carbons (Fsp3) is 0.467. The number of thiophene rings is 1. The molecule has 0 amide bonds. The quantitative estimate of drug-likeness (QED) is 0.858. The summed E-state index contributed by atoms with van der Waals surface area (Å²) in [7, 11) is 1.88. The van der Waals surface area contributed by atoms with Crippen LogP contribution in [-0.2, 0) is 6.54 Å². The Morgan fingerprint density at radius 1 is 1.43 bits per heavy atom. The van der Waals surface area contributed by atoms with Crippen molar-refractivity contribution in [2.75, 3.05) is 30.4 Å². The number of nitrogens with zero attached hydrogens (tertiary/aromatic N) is 3. The van der Waals surface area contributed by atoms with E-state index >= 15 is 0 Å². The predicted octanol–water partition coefficient (Wildman–Crippen LogP) is 2.34. The fourth-order valence-corrected chi connectivity index (χ4v) is 3.44. The molecule has 3 heterocycles. The van der Waals surface area contributed by atoms with Gasteiger partial charge in [0, 0.05) is 38.8 Å². The number of hydrogen-bond acceptors (Lipinski definition) is 6. The van der Waals surface area contributed by atoms with Crippen LogP contribution in [0.1, 0.15) is 18.4 Å². The van der Waals surface area contributed by atoms with E-state index < -0.39 is 0 Å². The van der Waals surface area contributed by atoms with Gasteiger partial charge in [0.1, 0.15) is 18.0 Å². The molecule has 112 valence electrons. The number of aromatic nitrogens is 2. The molecule has 1 aliphatic rings. The lowest BCUT2D eigenvalue weighted by Crippen LogP contribution is -2.38. The third-order valence-corrected chi connectivity index (χ3v) is 4.60. The van der Waals surface area contributed by atoms with Gasteiger partial charge in [0.15, 0.2) is 0 Å². The van der Waals surface area contributed by atoms with E-state index in [1.54, 1.807) is 17.7 Å². The van der Waals surface area contributed by atoms with Gasteiger partial charge in [0.05, 0.1) is 0 Å². The third kappa shape index (κ3) is 3.51. The van der Waals surface area contributed by atoms with Crippen LogP contribution in [0.25, 0.3) is 0 Å². The highest BCUT2D eigenvalue weighted by molar-refractivity contribution is 7.07. The van der Waals surface area contributed by atoms with Crippen molar-refractivity contribution < 1.29 is 0 Å². The molecule has 21 heavy (non-hydrogen) atoms. The molecule has 2 N–H and O–H groups in total. The molecule has 1 fully saturated rings. The van der Waals surface area contributed by atoms with E-state index in [-0.39, 0.29) is 0 Å². The molecule has 1 saturated heterocycles. The summed E-state index contributed by atoms with van der Waals surface area (Å²) in [4.78, 5) is 11.0. The van der Waals surface area contributed by atoms with Gasteiger partial charge in [-0.05, 0) is 35.2 Å². The highest BCUT2D eigenvalue weighted by Gasteiger charge is 2.25. The molecule has 2 aromatic rings. The summed E-state index contributed by atoms with van der Waals surface area (Å²) in [6.07, 6.45) is 4.08. The maximum Gasteiger partial charge on any atom is 0.134 e. The maximum atomic E-state index is 4.43. The topological polar surface area (TPSA) is 53.1 Å². The molecule has 2 aromatic heterocycles. The minimum atomic E-state index is 0.517. The van der Waals surface area contributed by atoms with Gasteiger partial charge in [-0.1, -0.05) is 0 Å². The Morgan fingerprint density at radius 2 is 2.38 bits per heavy atom. The van der Waals surface area contributed by atoms with Crippen molar-refractivity contribution in [3.05, 3.63) is 34.8 Å². The van der Waals surface area contributed by atoms with Crippen molar-refractivity contribution >= 4 is 23.0 Å². The minimum Gasteiger partial charge on any atom is -0.373 e. The van der Waals surface area contributed by atoms with Crippen LogP contribution in [-0.4, -0.2) is 36.1 Å². The summed E-state index contributed by atoms with van der Waals surface area (Å²) in [6, 6.07) is 4.72. The van der Waals surface area contributed by atoms with Crippen LogP contribution in [0.4, 0.5) is 11.6 Å². The lowest BCUT2D eigenvalue weighted by Gasteiger charge is -2.26. The molecule has 5 nitrogen and oxygen atoms in total. The van der Waals surface area contributed by atoms with E-state index in [4.69, 9.17) is 0 Å². The lowest BCUT2D eigenvalue weighted by atomic mass is 10.2. The molecule has 1 atom stereocenters. The molecule has 0 aromatic carbocycles. The zero-order valence-electron chi connectivity index (χ0n) is 12.2.